The maximum absolute atomic E-state index is 12.4. The second-order valence-electron chi connectivity index (χ2n) is 10.4. The molecule has 2 rings (SSSR count). The number of hydrogen-bond donors (Lipinski definition) is 1. The third kappa shape index (κ3) is 9.35. The van der Waals surface area contributed by atoms with Gasteiger partial charge in [0.25, 0.3) is 0 Å². The Kier molecular flexibility index (Phi) is 12.6. The minimum absolute atomic E-state index is 0.0110. The zero-order valence-electron chi connectivity index (χ0n) is 21.7. The Hall–Kier alpha value is -1.97. The molecule has 0 saturated carbocycles. The van der Waals surface area contributed by atoms with E-state index in [1.807, 2.05) is 6.07 Å². The van der Waals surface area contributed by atoms with Gasteiger partial charge in [0, 0.05) is 32.0 Å². The molecule has 0 aliphatic carbocycles. The van der Waals surface area contributed by atoms with E-state index < -0.39 is 0 Å². The molecule has 2 aromatic carbocycles. The van der Waals surface area contributed by atoms with Crippen molar-refractivity contribution in [3.63, 3.8) is 0 Å². The van der Waals surface area contributed by atoms with Gasteiger partial charge >= 0.3 is 0 Å². The van der Waals surface area contributed by atoms with E-state index in [0.717, 1.165) is 64.4 Å². The molecule has 3 heteroatoms. The van der Waals surface area contributed by atoms with Crippen molar-refractivity contribution in [1.29, 1.82) is 0 Å². The van der Waals surface area contributed by atoms with Crippen molar-refractivity contribution in [2.24, 2.45) is 0 Å². The summed E-state index contributed by atoms with van der Waals surface area (Å²) in [6.45, 7) is 5.46. The fraction of sp³-hybridized carbons (Fsp3) is 0.581. The lowest BCUT2D eigenvalue weighted by molar-refractivity contribution is -0.119. The van der Waals surface area contributed by atoms with Crippen LogP contribution in [0.2, 0.25) is 0 Å². The third-order valence-electron chi connectivity index (χ3n) is 7.44. The largest absolute Gasteiger partial charge is 0.396 e. The van der Waals surface area contributed by atoms with Gasteiger partial charge in [-0.15, -0.1) is 0 Å². The SMILES string of the molecule is COCC(C)(CCCCCC(=O)CCCCCC(C)(CCO)c1ccccc1)c1ccccc1. The monoisotopic (exact) mass is 466 g/mol. The van der Waals surface area contributed by atoms with Crippen molar-refractivity contribution in [2.45, 2.75) is 95.3 Å². The van der Waals surface area contributed by atoms with E-state index in [-0.39, 0.29) is 17.4 Å². The van der Waals surface area contributed by atoms with Gasteiger partial charge in [-0.25, -0.2) is 0 Å². The Morgan fingerprint density at radius 3 is 1.65 bits per heavy atom. The number of ether oxygens (including phenoxy) is 1. The highest BCUT2D eigenvalue weighted by Crippen LogP contribution is 2.33. The molecule has 34 heavy (non-hydrogen) atoms. The molecule has 0 amide bonds. The number of ketones is 1. The summed E-state index contributed by atoms with van der Waals surface area (Å²) in [6.07, 6.45) is 10.7. The van der Waals surface area contributed by atoms with Crippen molar-refractivity contribution in [3.8, 4) is 0 Å². The summed E-state index contributed by atoms with van der Waals surface area (Å²) < 4.78 is 5.51. The number of methoxy groups -OCH3 is 1. The Balaban J connectivity index is 1.62. The molecule has 0 fully saturated rings. The van der Waals surface area contributed by atoms with Crippen molar-refractivity contribution in [3.05, 3.63) is 71.8 Å². The van der Waals surface area contributed by atoms with Crippen molar-refractivity contribution in [1.82, 2.24) is 0 Å². The average Bonchev–Trinajstić information content (AvgIpc) is 2.85. The molecule has 1 N–H and O–H groups in total. The van der Waals surface area contributed by atoms with E-state index in [0.29, 0.717) is 18.6 Å². The first-order valence-corrected chi connectivity index (χ1v) is 13.2. The quantitative estimate of drug-likeness (QED) is 0.233. The first-order valence-electron chi connectivity index (χ1n) is 13.2. The predicted octanol–water partition coefficient (Wildman–Crippen LogP) is 7.40. The van der Waals surface area contributed by atoms with Crippen LogP contribution in [-0.4, -0.2) is 31.2 Å². The van der Waals surface area contributed by atoms with E-state index in [9.17, 15) is 9.90 Å². The van der Waals surface area contributed by atoms with E-state index in [2.05, 4.69) is 68.4 Å². The zero-order valence-corrected chi connectivity index (χ0v) is 21.7. The van der Waals surface area contributed by atoms with E-state index in [4.69, 9.17) is 4.74 Å². The van der Waals surface area contributed by atoms with Crippen molar-refractivity contribution >= 4 is 5.78 Å². The van der Waals surface area contributed by atoms with Gasteiger partial charge in [0.2, 0.25) is 0 Å². The molecule has 2 unspecified atom stereocenters. The molecule has 0 saturated heterocycles. The molecule has 188 valence electrons. The summed E-state index contributed by atoms with van der Waals surface area (Å²) in [4.78, 5) is 12.4. The summed E-state index contributed by atoms with van der Waals surface area (Å²) in [5, 5.41) is 9.54. The number of rotatable bonds is 18. The fourth-order valence-electron chi connectivity index (χ4n) is 5.11. The Morgan fingerprint density at radius 2 is 1.18 bits per heavy atom. The molecule has 0 radical (unpaired) electrons. The molecule has 0 aromatic heterocycles. The number of carbonyl (C=O) groups excluding carboxylic acids is 1. The third-order valence-corrected chi connectivity index (χ3v) is 7.44. The van der Waals surface area contributed by atoms with Crippen molar-refractivity contribution < 1.29 is 14.6 Å². The highest BCUT2D eigenvalue weighted by Gasteiger charge is 2.26. The fourth-order valence-corrected chi connectivity index (χ4v) is 5.11. The maximum atomic E-state index is 12.4. The summed E-state index contributed by atoms with van der Waals surface area (Å²) in [5.74, 6) is 0.406. The van der Waals surface area contributed by atoms with Gasteiger partial charge in [0.1, 0.15) is 5.78 Å². The molecule has 0 heterocycles. The van der Waals surface area contributed by atoms with Crippen LogP contribution < -0.4 is 0 Å². The van der Waals surface area contributed by atoms with Crippen LogP contribution in [0.4, 0.5) is 0 Å². The molecule has 0 spiro atoms. The van der Waals surface area contributed by atoms with Gasteiger partial charge in [-0.2, -0.15) is 0 Å². The van der Waals surface area contributed by atoms with Gasteiger partial charge in [0.15, 0.2) is 0 Å². The first kappa shape index (κ1) is 28.3. The number of aliphatic hydroxyl groups is 1. The lowest BCUT2D eigenvalue weighted by Gasteiger charge is -2.30. The standard InChI is InChI=1S/C31H46O3/c1-30(24-25-32,27-16-8-4-9-17-27)22-14-6-12-20-29(33)21-13-7-15-23-31(2,26-34-3)28-18-10-5-11-19-28/h4-5,8-11,16-19,32H,6-7,12-15,20-26H2,1-3H3. The van der Waals surface area contributed by atoms with Crippen LogP contribution in [0.15, 0.2) is 60.7 Å². The molecular formula is C31H46O3. The lowest BCUT2D eigenvalue weighted by atomic mass is 9.75. The van der Waals surface area contributed by atoms with Crippen LogP contribution in [0.5, 0.6) is 0 Å². The Bertz CT molecular complexity index is 736. The van der Waals surface area contributed by atoms with Crippen LogP contribution in [0.3, 0.4) is 0 Å². The lowest BCUT2D eigenvalue weighted by Crippen LogP contribution is -2.27. The Labute approximate surface area is 207 Å². The first-order chi connectivity index (χ1) is 16.4. The average molecular weight is 467 g/mol. The van der Waals surface area contributed by atoms with Gasteiger partial charge in [-0.05, 0) is 48.6 Å². The minimum Gasteiger partial charge on any atom is -0.396 e. The number of Topliss-reactive ketones (excluding diaryl/α,β-unsaturated/α-hetero) is 1. The van der Waals surface area contributed by atoms with Crippen LogP contribution in [0.1, 0.15) is 95.6 Å². The van der Waals surface area contributed by atoms with Crippen LogP contribution in [0.25, 0.3) is 0 Å². The van der Waals surface area contributed by atoms with Crippen LogP contribution in [0, 0.1) is 0 Å². The predicted molar refractivity (Wildman–Crippen MR) is 142 cm³/mol. The highest BCUT2D eigenvalue weighted by atomic mass is 16.5. The number of unbranched alkanes of at least 4 members (excludes halogenated alkanes) is 4. The molecular weight excluding hydrogens is 420 g/mol. The Morgan fingerprint density at radius 1 is 0.706 bits per heavy atom. The van der Waals surface area contributed by atoms with Gasteiger partial charge in [-0.3, -0.25) is 4.79 Å². The number of aliphatic hydroxyl groups excluding tert-OH is 1. The topological polar surface area (TPSA) is 46.5 Å². The minimum atomic E-state index is 0.0110. The van der Waals surface area contributed by atoms with Gasteiger partial charge < -0.3 is 9.84 Å². The summed E-state index contributed by atoms with van der Waals surface area (Å²) in [5.41, 5.74) is 2.67. The van der Waals surface area contributed by atoms with Crippen molar-refractivity contribution in [2.75, 3.05) is 20.3 Å². The normalized spacial score (nSPS) is 14.9. The molecule has 2 atom stereocenters. The number of carbonyl (C=O) groups is 1. The summed E-state index contributed by atoms with van der Waals surface area (Å²) >= 11 is 0. The maximum Gasteiger partial charge on any atom is 0.132 e. The number of hydrogen-bond acceptors (Lipinski definition) is 3. The molecule has 0 aliphatic rings. The molecule has 2 aromatic rings. The van der Waals surface area contributed by atoms with Gasteiger partial charge in [-0.1, -0.05) is 100 Å². The smallest absolute Gasteiger partial charge is 0.132 e. The molecule has 0 aliphatic heterocycles. The van der Waals surface area contributed by atoms with E-state index in [1.54, 1.807) is 7.11 Å². The van der Waals surface area contributed by atoms with Crippen LogP contribution in [-0.2, 0) is 20.4 Å². The highest BCUT2D eigenvalue weighted by molar-refractivity contribution is 5.78. The molecule has 0 bridgehead atoms. The van der Waals surface area contributed by atoms with E-state index in [1.165, 1.54) is 11.1 Å². The number of benzene rings is 2. The van der Waals surface area contributed by atoms with Crippen LogP contribution >= 0.6 is 0 Å². The summed E-state index contributed by atoms with van der Waals surface area (Å²) in [6, 6.07) is 21.1. The second kappa shape index (κ2) is 15.1. The zero-order chi connectivity index (χ0) is 24.7. The second-order valence-corrected chi connectivity index (χ2v) is 10.4. The molecule has 3 nitrogen and oxygen atoms in total. The summed E-state index contributed by atoms with van der Waals surface area (Å²) in [7, 11) is 1.77. The van der Waals surface area contributed by atoms with Gasteiger partial charge in [0.05, 0.1) is 6.61 Å². The van der Waals surface area contributed by atoms with E-state index >= 15 is 0 Å².